The van der Waals surface area contributed by atoms with E-state index in [1.807, 2.05) is 12.1 Å². The lowest BCUT2D eigenvalue weighted by Crippen LogP contribution is -2.39. The van der Waals surface area contributed by atoms with Crippen LogP contribution in [0, 0.1) is 10.1 Å². The molecule has 1 heterocycles. The van der Waals surface area contributed by atoms with Crippen LogP contribution in [0.5, 0.6) is 0 Å². The van der Waals surface area contributed by atoms with E-state index in [0.717, 1.165) is 31.2 Å². The zero-order valence-electron chi connectivity index (χ0n) is 19.5. The Morgan fingerprint density at radius 2 is 1.64 bits per heavy atom. The lowest BCUT2D eigenvalue weighted by atomic mass is 9.87. The Hall–Kier alpha value is -3.48. The Labute approximate surface area is 194 Å². The Kier molecular flexibility index (Phi) is 7.63. The molecule has 33 heavy (non-hydrogen) atoms. The number of benzene rings is 2. The van der Waals surface area contributed by atoms with E-state index in [4.69, 9.17) is 0 Å². The maximum Gasteiger partial charge on any atom is 0.270 e. The predicted octanol–water partition coefficient (Wildman–Crippen LogP) is 5.07. The first kappa shape index (κ1) is 24.2. The number of hydrogen-bond donors (Lipinski definition) is 1. The van der Waals surface area contributed by atoms with Crippen LogP contribution in [0.25, 0.3) is 6.08 Å². The van der Waals surface area contributed by atoms with E-state index >= 15 is 0 Å². The van der Waals surface area contributed by atoms with E-state index in [-0.39, 0.29) is 22.7 Å². The normalized spacial score (nSPS) is 15.0. The van der Waals surface area contributed by atoms with Gasteiger partial charge in [-0.3, -0.25) is 19.7 Å². The van der Waals surface area contributed by atoms with Crippen LogP contribution in [-0.2, 0) is 10.2 Å². The van der Waals surface area contributed by atoms with Crippen molar-refractivity contribution in [1.82, 2.24) is 10.2 Å². The topological polar surface area (TPSA) is 92.5 Å². The number of non-ortho nitro benzene ring substituents is 1. The van der Waals surface area contributed by atoms with Gasteiger partial charge < -0.3 is 10.2 Å². The first-order chi connectivity index (χ1) is 15.6. The molecule has 0 saturated carbocycles. The molecule has 0 aromatic heterocycles. The third-order valence-corrected chi connectivity index (χ3v) is 5.78. The summed E-state index contributed by atoms with van der Waals surface area (Å²) in [6.07, 6.45) is 5.48. The number of nitrogens with zero attached hydrogens (tertiary/aromatic N) is 2. The molecule has 1 aliphatic rings. The minimum atomic E-state index is -0.483. The highest BCUT2D eigenvalue weighted by molar-refractivity contribution is 6.05. The summed E-state index contributed by atoms with van der Waals surface area (Å²) in [4.78, 5) is 38.8. The van der Waals surface area contributed by atoms with Crippen molar-refractivity contribution in [3.8, 4) is 0 Å². The molecule has 0 spiro atoms. The van der Waals surface area contributed by atoms with Crippen LogP contribution in [0.15, 0.2) is 54.2 Å². The van der Waals surface area contributed by atoms with Crippen molar-refractivity contribution in [2.24, 2.45) is 0 Å². The van der Waals surface area contributed by atoms with Gasteiger partial charge in [-0.2, -0.15) is 0 Å². The van der Waals surface area contributed by atoms with Crippen molar-refractivity contribution in [2.75, 3.05) is 13.1 Å². The van der Waals surface area contributed by atoms with Gasteiger partial charge >= 0.3 is 0 Å². The van der Waals surface area contributed by atoms with Gasteiger partial charge in [0, 0.05) is 30.8 Å². The molecule has 3 rings (SSSR count). The number of nitrogens with one attached hydrogen (secondary N) is 1. The molecule has 1 fully saturated rings. The highest BCUT2D eigenvalue weighted by Crippen LogP contribution is 2.23. The van der Waals surface area contributed by atoms with Crippen molar-refractivity contribution in [1.29, 1.82) is 0 Å². The van der Waals surface area contributed by atoms with Crippen LogP contribution in [0.4, 0.5) is 5.69 Å². The summed E-state index contributed by atoms with van der Waals surface area (Å²) in [5.41, 5.74) is 2.02. The maximum absolute atomic E-state index is 13.3. The number of rotatable bonds is 5. The van der Waals surface area contributed by atoms with E-state index in [0.29, 0.717) is 24.2 Å². The fourth-order valence-electron chi connectivity index (χ4n) is 3.81. The van der Waals surface area contributed by atoms with Crippen LogP contribution in [0.3, 0.4) is 0 Å². The number of carbonyl (C=O) groups is 2. The highest BCUT2D eigenvalue weighted by Gasteiger charge is 2.22. The van der Waals surface area contributed by atoms with Crippen molar-refractivity contribution in [3.63, 3.8) is 0 Å². The minimum absolute atomic E-state index is 0.0369. The Balaban J connectivity index is 1.90. The number of amides is 2. The second-order valence-corrected chi connectivity index (χ2v) is 9.40. The zero-order valence-corrected chi connectivity index (χ0v) is 19.5. The fraction of sp³-hybridized carbons (Fsp3) is 0.385. The summed E-state index contributed by atoms with van der Waals surface area (Å²) in [5, 5.41) is 13.9. The number of nitro groups is 1. The van der Waals surface area contributed by atoms with Gasteiger partial charge in [-0.25, -0.2) is 0 Å². The van der Waals surface area contributed by atoms with Crippen molar-refractivity contribution >= 4 is 23.6 Å². The first-order valence-corrected chi connectivity index (χ1v) is 11.3. The number of likely N-dealkylation sites (tertiary alicyclic amines) is 1. The number of carbonyl (C=O) groups excluding carboxylic acids is 2. The predicted molar refractivity (Wildman–Crippen MR) is 129 cm³/mol. The Morgan fingerprint density at radius 3 is 2.21 bits per heavy atom. The van der Waals surface area contributed by atoms with Gasteiger partial charge in [-0.05, 0) is 47.6 Å². The zero-order chi connectivity index (χ0) is 24.0. The fourth-order valence-corrected chi connectivity index (χ4v) is 3.81. The molecule has 2 amide bonds. The molecule has 0 unspecified atom stereocenters. The van der Waals surface area contributed by atoms with Crippen LogP contribution in [0.2, 0.25) is 0 Å². The molecule has 0 aliphatic carbocycles. The largest absolute Gasteiger partial charge is 0.337 e. The third-order valence-electron chi connectivity index (χ3n) is 5.78. The Morgan fingerprint density at radius 1 is 1.00 bits per heavy atom. The second kappa shape index (κ2) is 10.4. The standard InChI is InChI=1S/C26H31N3O4/c1-26(2,3)21-13-11-20(12-14-21)24(30)27-23(25(31)28-15-6-4-5-7-16-28)18-19-9-8-10-22(17-19)29(32)33/h8-14,17-18H,4-7,15-16H2,1-3H3,(H,27,30)/b23-18+. The molecule has 0 radical (unpaired) electrons. The number of hydrogen-bond acceptors (Lipinski definition) is 4. The van der Waals surface area contributed by atoms with Gasteiger partial charge in [0.25, 0.3) is 17.5 Å². The second-order valence-electron chi connectivity index (χ2n) is 9.40. The van der Waals surface area contributed by atoms with Crippen LogP contribution >= 0.6 is 0 Å². The Bertz CT molecular complexity index is 1040. The molecule has 2 aromatic carbocycles. The van der Waals surface area contributed by atoms with Gasteiger partial charge in [0.05, 0.1) is 4.92 Å². The highest BCUT2D eigenvalue weighted by atomic mass is 16.6. The minimum Gasteiger partial charge on any atom is -0.337 e. The summed E-state index contributed by atoms with van der Waals surface area (Å²) in [6, 6.07) is 13.3. The van der Waals surface area contributed by atoms with Gasteiger partial charge in [-0.15, -0.1) is 0 Å². The lowest BCUT2D eigenvalue weighted by Gasteiger charge is -2.22. The molecule has 0 atom stereocenters. The van der Waals surface area contributed by atoms with Crippen molar-refractivity contribution < 1.29 is 14.5 Å². The average molecular weight is 450 g/mol. The van der Waals surface area contributed by atoms with Gasteiger partial charge in [-0.1, -0.05) is 57.9 Å². The smallest absolute Gasteiger partial charge is 0.270 e. The number of nitro benzene ring substituents is 1. The summed E-state index contributed by atoms with van der Waals surface area (Å²) in [6.45, 7) is 7.55. The van der Waals surface area contributed by atoms with E-state index in [9.17, 15) is 19.7 Å². The monoisotopic (exact) mass is 449 g/mol. The molecule has 7 heteroatoms. The van der Waals surface area contributed by atoms with Crippen LogP contribution in [0.1, 0.15) is 67.9 Å². The quantitative estimate of drug-likeness (QED) is 0.392. The molecular formula is C26H31N3O4. The molecule has 1 aliphatic heterocycles. The summed E-state index contributed by atoms with van der Waals surface area (Å²) >= 11 is 0. The molecule has 0 bridgehead atoms. The van der Waals surface area contributed by atoms with Crippen LogP contribution in [-0.4, -0.2) is 34.7 Å². The van der Waals surface area contributed by atoms with Crippen molar-refractivity contribution in [3.05, 3.63) is 81.0 Å². The van der Waals surface area contributed by atoms with E-state index in [2.05, 4.69) is 26.1 Å². The van der Waals surface area contributed by atoms with E-state index in [1.165, 1.54) is 18.2 Å². The SMILES string of the molecule is CC(C)(C)c1ccc(C(=O)N/C(=C/c2cccc([N+](=O)[O-])c2)C(=O)N2CCCCCC2)cc1. The molecule has 7 nitrogen and oxygen atoms in total. The van der Waals surface area contributed by atoms with Gasteiger partial charge in [0.15, 0.2) is 0 Å². The van der Waals surface area contributed by atoms with Gasteiger partial charge in [0.1, 0.15) is 5.70 Å². The van der Waals surface area contributed by atoms with Crippen LogP contribution < -0.4 is 5.32 Å². The van der Waals surface area contributed by atoms with Crippen molar-refractivity contribution in [2.45, 2.75) is 51.9 Å². The lowest BCUT2D eigenvalue weighted by molar-refractivity contribution is -0.384. The average Bonchev–Trinajstić information content (AvgIpc) is 3.07. The molecule has 2 aromatic rings. The first-order valence-electron chi connectivity index (χ1n) is 11.3. The molecule has 174 valence electrons. The molecule has 1 N–H and O–H groups in total. The molecule has 1 saturated heterocycles. The molecular weight excluding hydrogens is 418 g/mol. The van der Waals surface area contributed by atoms with E-state index in [1.54, 1.807) is 29.2 Å². The maximum atomic E-state index is 13.3. The van der Waals surface area contributed by atoms with E-state index < -0.39 is 10.8 Å². The summed E-state index contributed by atoms with van der Waals surface area (Å²) in [5.74, 6) is -0.668. The summed E-state index contributed by atoms with van der Waals surface area (Å²) < 4.78 is 0. The van der Waals surface area contributed by atoms with Gasteiger partial charge in [0.2, 0.25) is 0 Å². The third kappa shape index (κ3) is 6.51. The summed E-state index contributed by atoms with van der Waals surface area (Å²) in [7, 11) is 0.